The van der Waals surface area contributed by atoms with E-state index in [4.69, 9.17) is 12.2 Å². The molecule has 82 valence electrons. The second-order valence-electron chi connectivity index (χ2n) is 3.87. The van der Waals surface area contributed by atoms with Gasteiger partial charge in [-0.2, -0.15) is 0 Å². The summed E-state index contributed by atoms with van der Waals surface area (Å²) in [5.41, 5.74) is 1.21. The number of hydrogen-bond acceptors (Lipinski definition) is 3. The largest absolute Gasteiger partial charge is 0.341 e. The molecule has 0 unspecified atom stereocenters. The highest BCUT2D eigenvalue weighted by Gasteiger charge is 2.27. The quantitative estimate of drug-likeness (QED) is 0.827. The molecule has 0 aromatic carbocycles. The number of halogens is 1. The Morgan fingerprint density at radius 1 is 1.50 bits per heavy atom. The van der Waals surface area contributed by atoms with Gasteiger partial charge in [-0.15, -0.1) is 11.3 Å². The third kappa shape index (κ3) is 1.87. The molecule has 2 nitrogen and oxygen atoms in total. The van der Waals surface area contributed by atoms with Crippen LogP contribution in [0.25, 0.3) is 10.7 Å². The Kier molecular flexibility index (Phi) is 2.69. The first kappa shape index (κ1) is 10.6. The summed E-state index contributed by atoms with van der Waals surface area (Å²) in [5, 5.41) is 2.05. The van der Waals surface area contributed by atoms with Crippen LogP contribution in [0.3, 0.4) is 0 Å². The lowest BCUT2D eigenvalue weighted by atomic mass is 10.3. The SMILES string of the molecule is S=c1nc(-c2cccs2)[nH]c(C2CC2)c1Br. The number of nitrogens with one attached hydrogen (secondary N) is 1. The highest BCUT2D eigenvalue weighted by atomic mass is 79.9. The van der Waals surface area contributed by atoms with E-state index in [-0.39, 0.29) is 0 Å². The van der Waals surface area contributed by atoms with Crippen molar-refractivity contribution in [3.05, 3.63) is 32.3 Å². The van der Waals surface area contributed by atoms with Gasteiger partial charge in [0.2, 0.25) is 0 Å². The Hall–Kier alpha value is -0.520. The molecule has 2 heterocycles. The van der Waals surface area contributed by atoms with E-state index in [1.54, 1.807) is 11.3 Å². The standard InChI is InChI=1S/C11H9BrN2S2/c12-8-9(6-3-4-6)13-10(14-11(8)15)7-2-1-5-16-7/h1-2,5-6H,3-4H2,(H,13,14,15). The molecule has 0 atom stereocenters. The number of hydrogen-bond donors (Lipinski definition) is 1. The predicted molar refractivity (Wildman–Crippen MR) is 72.4 cm³/mol. The Labute approximate surface area is 111 Å². The lowest BCUT2D eigenvalue weighted by Gasteiger charge is -2.05. The summed E-state index contributed by atoms with van der Waals surface area (Å²) in [6.45, 7) is 0. The van der Waals surface area contributed by atoms with Crippen molar-refractivity contribution < 1.29 is 0 Å². The minimum atomic E-state index is 0.637. The van der Waals surface area contributed by atoms with Crippen LogP contribution in [0, 0.1) is 4.64 Å². The molecule has 1 saturated carbocycles. The van der Waals surface area contributed by atoms with Crippen LogP contribution in [0.15, 0.2) is 22.0 Å². The molecule has 0 saturated heterocycles. The first-order valence-electron chi connectivity index (χ1n) is 5.09. The van der Waals surface area contributed by atoms with Gasteiger partial charge >= 0.3 is 0 Å². The van der Waals surface area contributed by atoms with Crippen LogP contribution >= 0.6 is 39.5 Å². The third-order valence-corrected chi connectivity index (χ3v) is 4.87. The summed E-state index contributed by atoms with van der Waals surface area (Å²) >= 11 is 10.5. The summed E-state index contributed by atoms with van der Waals surface area (Å²) in [4.78, 5) is 8.95. The van der Waals surface area contributed by atoms with E-state index < -0.39 is 0 Å². The van der Waals surface area contributed by atoms with E-state index in [1.807, 2.05) is 11.4 Å². The molecular weight excluding hydrogens is 304 g/mol. The fourth-order valence-corrected chi connectivity index (χ4v) is 3.04. The van der Waals surface area contributed by atoms with Gasteiger partial charge in [0.05, 0.1) is 9.35 Å². The van der Waals surface area contributed by atoms with Crippen molar-refractivity contribution in [2.45, 2.75) is 18.8 Å². The molecule has 1 N–H and O–H groups in total. The van der Waals surface area contributed by atoms with Gasteiger partial charge < -0.3 is 4.98 Å². The van der Waals surface area contributed by atoms with E-state index in [9.17, 15) is 0 Å². The number of thiophene rings is 1. The molecule has 1 aliphatic rings. The number of nitrogens with zero attached hydrogens (tertiary/aromatic N) is 1. The van der Waals surface area contributed by atoms with E-state index >= 15 is 0 Å². The maximum Gasteiger partial charge on any atom is 0.149 e. The average Bonchev–Trinajstić information content (AvgIpc) is 2.96. The minimum absolute atomic E-state index is 0.637. The van der Waals surface area contributed by atoms with Crippen LogP contribution in [-0.2, 0) is 0 Å². The van der Waals surface area contributed by atoms with Gasteiger partial charge in [-0.05, 0) is 40.2 Å². The molecule has 2 aromatic rings. The zero-order valence-electron chi connectivity index (χ0n) is 8.37. The Bertz CT molecular complexity index is 570. The van der Waals surface area contributed by atoms with E-state index in [0.29, 0.717) is 10.6 Å². The third-order valence-electron chi connectivity index (χ3n) is 2.63. The lowest BCUT2D eigenvalue weighted by Crippen LogP contribution is -1.95. The summed E-state index contributed by atoms with van der Waals surface area (Å²) in [7, 11) is 0. The topological polar surface area (TPSA) is 28.7 Å². The van der Waals surface area contributed by atoms with E-state index in [1.165, 1.54) is 18.5 Å². The number of rotatable bonds is 2. The fraction of sp³-hybridized carbons (Fsp3) is 0.273. The van der Waals surface area contributed by atoms with Gasteiger partial charge in [0.1, 0.15) is 10.5 Å². The van der Waals surface area contributed by atoms with Gasteiger partial charge in [0.25, 0.3) is 0 Å². The summed E-state index contributed by atoms with van der Waals surface area (Å²) < 4.78 is 1.62. The molecule has 2 aromatic heterocycles. The van der Waals surface area contributed by atoms with Crippen molar-refractivity contribution >= 4 is 39.5 Å². The van der Waals surface area contributed by atoms with Crippen molar-refractivity contribution in [2.24, 2.45) is 0 Å². The number of aromatic amines is 1. The summed E-state index contributed by atoms with van der Waals surface area (Å²) in [5.74, 6) is 1.53. The van der Waals surface area contributed by atoms with Gasteiger partial charge in [0.15, 0.2) is 0 Å². The van der Waals surface area contributed by atoms with Crippen molar-refractivity contribution in [1.29, 1.82) is 0 Å². The molecule has 0 radical (unpaired) electrons. The normalized spacial score (nSPS) is 15.3. The minimum Gasteiger partial charge on any atom is -0.341 e. The highest BCUT2D eigenvalue weighted by molar-refractivity contribution is 9.10. The van der Waals surface area contributed by atoms with Gasteiger partial charge in [-0.25, -0.2) is 4.98 Å². The van der Waals surface area contributed by atoms with Gasteiger partial charge in [-0.1, -0.05) is 18.3 Å². The van der Waals surface area contributed by atoms with Crippen molar-refractivity contribution in [3.63, 3.8) is 0 Å². The maximum absolute atomic E-state index is 5.28. The van der Waals surface area contributed by atoms with Crippen LogP contribution in [0.5, 0.6) is 0 Å². The maximum atomic E-state index is 5.28. The van der Waals surface area contributed by atoms with Gasteiger partial charge in [-0.3, -0.25) is 0 Å². The summed E-state index contributed by atoms with van der Waals surface area (Å²) in [6.07, 6.45) is 2.50. The first-order valence-corrected chi connectivity index (χ1v) is 7.17. The molecular formula is C11H9BrN2S2. The molecule has 0 amide bonds. The van der Waals surface area contributed by atoms with Crippen LogP contribution in [0.2, 0.25) is 0 Å². The molecule has 5 heteroatoms. The fourth-order valence-electron chi connectivity index (χ4n) is 1.66. The lowest BCUT2D eigenvalue weighted by molar-refractivity contribution is 0.975. The zero-order valence-corrected chi connectivity index (χ0v) is 11.6. The van der Waals surface area contributed by atoms with Crippen LogP contribution in [0.1, 0.15) is 24.5 Å². The molecule has 0 aliphatic heterocycles. The second-order valence-corrected chi connectivity index (χ2v) is 6.00. The molecule has 0 spiro atoms. The first-order chi connectivity index (χ1) is 7.75. The Balaban J connectivity index is 2.17. The van der Waals surface area contributed by atoms with Crippen molar-refractivity contribution in [2.75, 3.05) is 0 Å². The second kappa shape index (κ2) is 4.05. The van der Waals surface area contributed by atoms with E-state index in [0.717, 1.165) is 15.2 Å². The monoisotopic (exact) mass is 312 g/mol. The predicted octanol–water partition coefficient (Wildman–Crippen LogP) is 4.51. The molecule has 1 fully saturated rings. The molecule has 1 aliphatic carbocycles. The number of aromatic nitrogens is 2. The smallest absolute Gasteiger partial charge is 0.149 e. The van der Waals surface area contributed by atoms with Crippen LogP contribution in [-0.4, -0.2) is 9.97 Å². The van der Waals surface area contributed by atoms with Crippen molar-refractivity contribution in [3.8, 4) is 10.7 Å². The zero-order chi connectivity index (χ0) is 11.1. The van der Waals surface area contributed by atoms with Gasteiger partial charge in [0, 0.05) is 11.6 Å². The Morgan fingerprint density at radius 3 is 2.94 bits per heavy atom. The summed E-state index contributed by atoms with van der Waals surface area (Å²) in [6, 6.07) is 4.08. The van der Waals surface area contributed by atoms with E-state index in [2.05, 4.69) is 32.0 Å². The Morgan fingerprint density at radius 2 is 2.31 bits per heavy atom. The molecule has 0 bridgehead atoms. The highest BCUT2D eigenvalue weighted by Crippen LogP contribution is 2.42. The van der Waals surface area contributed by atoms with Crippen molar-refractivity contribution in [1.82, 2.24) is 9.97 Å². The van der Waals surface area contributed by atoms with Crippen LogP contribution in [0.4, 0.5) is 0 Å². The molecule has 16 heavy (non-hydrogen) atoms. The number of H-pyrrole nitrogens is 1. The average molecular weight is 313 g/mol. The molecule has 3 rings (SSSR count). The van der Waals surface area contributed by atoms with Crippen LogP contribution < -0.4 is 0 Å².